The van der Waals surface area contributed by atoms with Crippen molar-refractivity contribution in [2.75, 3.05) is 12.4 Å². The molecule has 1 aliphatic carbocycles. The summed E-state index contributed by atoms with van der Waals surface area (Å²) in [6.07, 6.45) is 4.27. The quantitative estimate of drug-likeness (QED) is 0.766. The van der Waals surface area contributed by atoms with Gasteiger partial charge < -0.3 is 4.74 Å². The summed E-state index contributed by atoms with van der Waals surface area (Å²) in [7, 11) is 1.75. The van der Waals surface area contributed by atoms with Gasteiger partial charge >= 0.3 is 0 Å². The van der Waals surface area contributed by atoms with Gasteiger partial charge in [-0.15, -0.1) is 0 Å². The number of benzene rings is 1. The molecule has 1 aromatic carbocycles. The predicted molar refractivity (Wildman–Crippen MR) is 77.0 cm³/mol. The highest BCUT2D eigenvalue weighted by atomic mass is 35.7. The summed E-state index contributed by atoms with van der Waals surface area (Å²) in [6, 6.07) is 3.27. The monoisotopic (exact) mass is 338 g/mol. The molecule has 1 saturated carbocycles. The van der Waals surface area contributed by atoms with Crippen LogP contribution in [-0.2, 0) is 9.05 Å². The Bertz CT molecular complexity index is 598. The third-order valence-corrected chi connectivity index (χ3v) is 5.11. The van der Waals surface area contributed by atoms with Crippen LogP contribution in [0.4, 0.5) is 8.78 Å². The van der Waals surface area contributed by atoms with Crippen molar-refractivity contribution in [3.8, 4) is 5.75 Å². The second-order valence-electron chi connectivity index (χ2n) is 5.61. The molecular weight excluding hydrogens is 322 g/mol. The van der Waals surface area contributed by atoms with Gasteiger partial charge in [0.15, 0.2) is 11.6 Å². The second-order valence-corrected chi connectivity index (χ2v) is 8.39. The van der Waals surface area contributed by atoms with Crippen molar-refractivity contribution in [3.63, 3.8) is 0 Å². The molecule has 0 saturated heterocycles. The Morgan fingerprint density at radius 3 is 2.38 bits per heavy atom. The average Bonchev–Trinajstić information content (AvgIpc) is 2.39. The standard InChI is InChI=1S/C14H17ClF2O3S/c15-21(18,19)10-14(6-2-1-3-7-14)9-20-11-4-5-12(16)13(17)8-11/h4-5,8H,1-3,6-7,9-10H2. The van der Waals surface area contributed by atoms with E-state index in [0.29, 0.717) is 12.8 Å². The van der Waals surface area contributed by atoms with Crippen molar-refractivity contribution < 1.29 is 21.9 Å². The molecule has 3 nitrogen and oxygen atoms in total. The molecule has 118 valence electrons. The van der Waals surface area contributed by atoms with Gasteiger partial charge in [0.05, 0.1) is 12.4 Å². The van der Waals surface area contributed by atoms with Crippen LogP contribution in [0.25, 0.3) is 0 Å². The van der Waals surface area contributed by atoms with Crippen molar-refractivity contribution in [1.29, 1.82) is 0 Å². The Morgan fingerprint density at radius 1 is 1.14 bits per heavy atom. The molecule has 7 heteroatoms. The molecule has 0 atom stereocenters. The summed E-state index contributed by atoms with van der Waals surface area (Å²) in [5, 5.41) is 0. The minimum Gasteiger partial charge on any atom is -0.493 e. The lowest BCUT2D eigenvalue weighted by Gasteiger charge is -2.35. The SMILES string of the molecule is O=S(=O)(Cl)CC1(COc2ccc(F)c(F)c2)CCCCC1. The highest BCUT2D eigenvalue weighted by Crippen LogP contribution is 2.38. The molecule has 0 aromatic heterocycles. The lowest BCUT2D eigenvalue weighted by atomic mass is 9.76. The van der Waals surface area contributed by atoms with E-state index in [2.05, 4.69) is 0 Å². The maximum atomic E-state index is 13.1. The minimum absolute atomic E-state index is 0.129. The first-order chi connectivity index (χ1) is 9.80. The van der Waals surface area contributed by atoms with Crippen LogP contribution in [0.1, 0.15) is 32.1 Å². The van der Waals surface area contributed by atoms with E-state index in [-0.39, 0.29) is 18.1 Å². The van der Waals surface area contributed by atoms with Crippen LogP contribution in [-0.4, -0.2) is 20.8 Å². The van der Waals surface area contributed by atoms with Crippen molar-refractivity contribution in [2.45, 2.75) is 32.1 Å². The maximum absolute atomic E-state index is 13.1. The number of halogens is 3. The molecule has 1 aliphatic rings. The van der Waals surface area contributed by atoms with E-state index in [1.54, 1.807) is 0 Å². The number of hydrogen-bond acceptors (Lipinski definition) is 3. The molecule has 0 N–H and O–H groups in total. The summed E-state index contributed by atoms with van der Waals surface area (Å²) in [5.74, 6) is -1.91. The largest absolute Gasteiger partial charge is 0.493 e. The topological polar surface area (TPSA) is 43.4 Å². The summed E-state index contributed by atoms with van der Waals surface area (Å²) in [4.78, 5) is 0. The van der Waals surface area contributed by atoms with E-state index in [4.69, 9.17) is 15.4 Å². The fourth-order valence-electron chi connectivity index (χ4n) is 2.80. The molecule has 0 unspecified atom stereocenters. The van der Waals surface area contributed by atoms with Crippen molar-refractivity contribution >= 4 is 19.7 Å². The van der Waals surface area contributed by atoms with Crippen molar-refractivity contribution in [3.05, 3.63) is 29.8 Å². The van der Waals surface area contributed by atoms with Gasteiger partial charge in [-0.05, 0) is 25.0 Å². The molecule has 0 bridgehead atoms. The highest BCUT2D eigenvalue weighted by Gasteiger charge is 2.37. The lowest BCUT2D eigenvalue weighted by molar-refractivity contribution is 0.119. The van der Waals surface area contributed by atoms with Crippen LogP contribution in [0.5, 0.6) is 5.75 Å². The van der Waals surface area contributed by atoms with E-state index in [1.165, 1.54) is 6.07 Å². The van der Waals surface area contributed by atoms with Crippen LogP contribution in [0.3, 0.4) is 0 Å². The van der Waals surface area contributed by atoms with E-state index < -0.39 is 26.1 Å². The Hall–Kier alpha value is -0.880. The third kappa shape index (κ3) is 4.81. The number of rotatable bonds is 5. The summed E-state index contributed by atoms with van der Waals surface area (Å²) < 4.78 is 54.3. The van der Waals surface area contributed by atoms with E-state index >= 15 is 0 Å². The molecule has 0 amide bonds. The predicted octanol–water partition coefficient (Wildman–Crippen LogP) is 3.86. The Morgan fingerprint density at radius 2 is 1.81 bits per heavy atom. The van der Waals surface area contributed by atoms with Gasteiger partial charge in [-0.25, -0.2) is 17.2 Å². The van der Waals surface area contributed by atoms with Crippen LogP contribution in [0.15, 0.2) is 18.2 Å². The molecule has 0 radical (unpaired) electrons. The fourth-order valence-corrected chi connectivity index (χ4v) is 4.60. The smallest absolute Gasteiger partial charge is 0.233 e. The highest BCUT2D eigenvalue weighted by molar-refractivity contribution is 8.13. The number of ether oxygens (including phenoxy) is 1. The molecule has 0 spiro atoms. The van der Waals surface area contributed by atoms with Gasteiger partial charge in [0.2, 0.25) is 9.05 Å². The zero-order valence-corrected chi connectivity index (χ0v) is 13.0. The third-order valence-electron chi connectivity index (χ3n) is 3.83. The average molecular weight is 339 g/mol. The molecule has 1 aromatic rings. The van der Waals surface area contributed by atoms with Crippen LogP contribution in [0.2, 0.25) is 0 Å². The molecule has 0 heterocycles. The Kier molecular flexibility index (Phi) is 5.09. The first kappa shape index (κ1) is 16.5. The van der Waals surface area contributed by atoms with Gasteiger partial charge in [0.25, 0.3) is 0 Å². The zero-order chi connectivity index (χ0) is 15.5. The first-order valence-corrected chi connectivity index (χ1v) is 9.28. The molecule has 0 aliphatic heterocycles. The van der Waals surface area contributed by atoms with E-state index in [0.717, 1.165) is 31.4 Å². The van der Waals surface area contributed by atoms with Crippen LogP contribution in [0, 0.1) is 17.0 Å². The Balaban J connectivity index is 2.10. The molecular formula is C14H17ClF2O3S. The van der Waals surface area contributed by atoms with Gasteiger partial charge in [0, 0.05) is 22.2 Å². The van der Waals surface area contributed by atoms with Gasteiger partial charge in [0.1, 0.15) is 5.75 Å². The maximum Gasteiger partial charge on any atom is 0.233 e. The fraction of sp³-hybridized carbons (Fsp3) is 0.571. The van der Waals surface area contributed by atoms with E-state index in [9.17, 15) is 17.2 Å². The normalized spacial score (nSPS) is 18.4. The Labute approximate surface area is 127 Å². The minimum atomic E-state index is -3.64. The summed E-state index contributed by atoms with van der Waals surface area (Å²) in [6.45, 7) is 0.129. The summed E-state index contributed by atoms with van der Waals surface area (Å²) >= 11 is 0. The van der Waals surface area contributed by atoms with E-state index in [1.807, 2.05) is 0 Å². The van der Waals surface area contributed by atoms with Gasteiger partial charge in [-0.3, -0.25) is 0 Å². The van der Waals surface area contributed by atoms with Crippen LogP contribution < -0.4 is 4.74 Å². The molecule has 1 fully saturated rings. The van der Waals surface area contributed by atoms with Gasteiger partial charge in [-0.1, -0.05) is 19.3 Å². The van der Waals surface area contributed by atoms with Gasteiger partial charge in [-0.2, -0.15) is 0 Å². The second kappa shape index (κ2) is 6.48. The zero-order valence-electron chi connectivity index (χ0n) is 11.4. The number of hydrogen-bond donors (Lipinski definition) is 0. The first-order valence-electron chi connectivity index (χ1n) is 6.80. The van der Waals surface area contributed by atoms with Crippen molar-refractivity contribution in [2.24, 2.45) is 5.41 Å². The van der Waals surface area contributed by atoms with Crippen molar-refractivity contribution in [1.82, 2.24) is 0 Å². The molecule has 21 heavy (non-hydrogen) atoms. The lowest BCUT2D eigenvalue weighted by Crippen LogP contribution is -2.36. The summed E-state index contributed by atoms with van der Waals surface area (Å²) in [5.41, 5.74) is -0.552. The van der Waals surface area contributed by atoms with Crippen LogP contribution >= 0.6 is 10.7 Å². The molecule has 2 rings (SSSR count).